The summed E-state index contributed by atoms with van der Waals surface area (Å²) in [6, 6.07) is 4.44. The summed E-state index contributed by atoms with van der Waals surface area (Å²) in [5, 5.41) is 1.01. The van der Waals surface area contributed by atoms with Crippen LogP contribution in [0.2, 0.25) is 0 Å². The number of aryl methyl sites for hydroxylation is 1. The van der Waals surface area contributed by atoms with Crippen LogP contribution in [0.4, 0.5) is 5.69 Å². The van der Waals surface area contributed by atoms with Crippen molar-refractivity contribution in [2.75, 3.05) is 31.9 Å². The quantitative estimate of drug-likeness (QED) is 0.518. The Kier molecular flexibility index (Phi) is 7.50. The second-order valence-corrected chi connectivity index (χ2v) is 12.7. The molecule has 0 radical (unpaired) electrons. The van der Waals surface area contributed by atoms with Crippen LogP contribution < -0.4 is 5.73 Å². The number of thiophene rings is 1. The molecule has 0 amide bonds. The molecule has 2 unspecified atom stereocenters. The Morgan fingerprint density at radius 1 is 1.06 bits per heavy atom. The second kappa shape index (κ2) is 10.00. The van der Waals surface area contributed by atoms with E-state index in [1.165, 1.54) is 49.1 Å². The number of nitrogen functional groups attached to an aromatic ring is 1. The third kappa shape index (κ3) is 4.46. The van der Waals surface area contributed by atoms with E-state index in [1.807, 2.05) is 19.9 Å². The highest BCUT2D eigenvalue weighted by atomic mass is 32.2. The molecular formula is C25H39N3O2S2. The first-order valence-corrected chi connectivity index (χ1v) is 14.7. The Balaban J connectivity index is 1.74. The molecule has 1 aromatic heterocycles. The lowest BCUT2D eigenvalue weighted by atomic mass is 9.88. The largest absolute Gasteiger partial charge is 0.397 e. The molecule has 3 heterocycles. The zero-order chi connectivity index (χ0) is 22.9. The molecule has 0 saturated carbocycles. The monoisotopic (exact) mass is 477 g/mol. The molecule has 5 nitrogen and oxygen atoms in total. The van der Waals surface area contributed by atoms with Crippen LogP contribution in [0.25, 0.3) is 10.1 Å². The van der Waals surface area contributed by atoms with Gasteiger partial charge in [-0.3, -0.25) is 0 Å². The number of sulfonamides is 1. The number of hydrogen-bond donors (Lipinski definition) is 1. The Morgan fingerprint density at radius 2 is 1.81 bits per heavy atom. The molecule has 32 heavy (non-hydrogen) atoms. The van der Waals surface area contributed by atoms with Crippen LogP contribution in [0.15, 0.2) is 17.0 Å². The highest BCUT2D eigenvalue weighted by Gasteiger charge is 2.32. The van der Waals surface area contributed by atoms with E-state index >= 15 is 0 Å². The highest BCUT2D eigenvalue weighted by molar-refractivity contribution is 7.89. The average Bonchev–Trinajstić information content (AvgIpc) is 2.97. The smallest absolute Gasteiger partial charge is 0.245 e. The number of rotatable bonds is 7. The van der Waals surface area contributed by atoms with Gasteiger partial charge < -0.3 is 10.6 Å². The SMILES string of the molecule is CCCN(CCC)S(=O)(=O)c1ccc2sc(C)c(C3CCC4CCCCN4CC3)c2c1N. The van der Waals surface area contributed by atoms with E-state index in [0.717, 1.165) is 41.9 Å². The minimum absolute atomic E-state index is 0.289. The fourth-order valence-electron chi connectivity index (χ4n) is 5.88. The van der Waals surface area contributed by atoms with E-state index in [4.69, 9.17) is 5.73 Å². The molecule has 0 spiro atoms. The molecule has 2 aliphatic rings. The molecule has 4 rings (SSSR count). The van der Waals surface area contributed by atoms with Gasteiger partial charge in [0, 0.05) is 34.1 Å². The van der Waals surface area contributed by atoms with Gasteiger partial charge >= 0.3 is 0 Å². The predicted octanol–water partition coefficient (Wildman–Crippen LogP) is 5.72. The van der Waals surface area contributed by atoms with E-state index in [-0.39, 0.29) is 4.90 Å². The van der Waals surface area contributed by atoms with Gasteiger partial charge in [-0.25, -0.2) is 8.42 Å². The van der Waals surface area contributed by atoms with Crippen LogP contribution in [-0.4, -0.2) is 49.8 Å². The fourth-order valence-corrected chi connectivity index (χ4v) is 8.79. The van der Waals surface area contributed by atoms with E-state index < -0.39 is 10.0 Å². The molecule has 2 N–H and O–H groups in total. The number of nitrogens with two attached hydrogens (primary N) is 1. The van der Waals surface area contributed by atoms with Crippen LogP contribution in [0.5, 0.6) is 0 Å². The number of fused-ring (bicyclic) bond motifs is 2. The first-order valence-electron chi connectivity index (χ1n) is 12.4. The summed E-state index contributed by atoms with van der Waals surface area (Å²) >= 11 is 1.77. The second-order valence-electron chi connectivity index (χ2n) is 9.58. The maximum atomic E-state index is 13.5. The van der Waals surface area contributed by atoms with E-state index in [2.05, 4.69) is 11.8 Å². The molecule has 2 saturated heterocycles. The maximum Gasteiger partial charge on any atom is 0.245 e. The minimum Gasteiger partial charge on any atom is -0.397 e. The molecule has 0 aliphatic carbocycles. The van der Waals surface area contributed by atoms with Crippen molar-refractivity contribution in [3.8, 4) is 0 Å². The van der Waals surface area contributed by atoms with Gasteiger partial charge in [0.2, 0.25) is 10.0 Å². The van der Waals surface area contributed by atoms with Crippen LogP contribution in [0.3, 0.4) is 0 Å². The van der Waals surface area contributed by atoms with Crippen molar-refractivity contribution in [1.82, 2.24) is 9.21 Å². The summed E-state index contributed by atoms with van der Waals surface area (Å²) in [6.45, 7) is 9.66. The summed E-state index contributed by atoms with van der Waals surface area (Å²) in [4.78, 5) is 4.28. The van der Waals surface area contributed by atoms with Crippen molar-refractivity contribution in [2.45, 2.75) is 89.0 Å². The Bertz CT molecular complexity index is 1030. The number of anilines is 1. The molecule has 2 atom stereocenters. The van der Waals surface area contributed by atoms with Crippen molar-refractivity contribution in [3.05, 3.63) is 22.6 Å². The molecular weight excluding hydrogens is 438 g/mol. The number of nitrogens with zero attached hydrogens (tertiary/aromatic N) is 2. The first-order chi connectivity index (χ1) is 15.4. The van der Waals surface area contributed by atoms with E-state index in [9.17, 15) is 8.42 Å². The van der Waals surface area contributed by atoms with Crippen molar-refractivity contribution in [2.24, 2.45) is 0 Å². The first kappa shape index (κ1) is 24.0. The lowest BCUT2D eigenvalue weighted by Gasteiger charge is -2.33. The van der Waals surface area contributed by atoms with Crippen LogP contribution in [0.1, 0.15) is 81.6 Å². The number of benzene rings is 1. The Labute approximate surface area is 198 Å². The lowest BCUT2D eigenvalue weighted by molar-refractivity contribution is 0.151. The molecule has 2 aliphatic heterocycles. The highest BCUT2D eigenvalue weighted by Crippen LogP contribution is 2.45. The van der Waals surface area contributed by atoms with Gasteiger partial charge in [0.1, 0.15) is 4.90 Å². The van der Waals surface area contributed by atoms with Crippen LogP contribution >= 0.6 is 11.3 Å². The predicted molar refractivity (Wildman–Crippen MR) is 136 cm³/mol. The number of piperidine rings is 1. The van der Waals surface area contributed by atoms with Crippen molar-refractivity contribution >= 4 is 37.1 Å². The zero-order valence-corrected chi connectivity index (χ0v) is 21.5. The molecule has 178 valence electrons. The number of hydrogen-bond acceptors (Lipinski definition) is 5. The van der Waals surface area contributed by atoms with Gasteiger partial charge in [-0.05, 0) is 88.6 Å². The third-order valence-corrected chi connectivity index (χ3v) is 10.5. The summed E-state index contributed by atoms with van der Waals surface area (Å²) < 4.78 is 29.8. The van der Waals surface area contributed by atoms with Crippen molar-refractivity contribution < 1.29 is 8.42 Å². The maximum absolute atomic E-state index is 13.5. The van der Waals surface area contributed by atoms with Crippen molar-refractivity contribution in [3.63, 3.8) is 0 Å². The summed E-state index contributed by atoms with van der Waals surface area (Å²) in [6.07, 6.45) is 9.13. The fraction of sp³-hybridized carbons (Fsp3) is 0.680. The standard InChI is InChI=1S/C25H39N3O2S2/c1-4-14-28(15-5-2)32(29,30)22-12-11-21-24(25(22)26)23(18(3)31-21)19-9-10-20-8-6-7-16-27(20)17-13-19/h11-12,19-20H,4-10,13-17,26H2,1-3H3. The minimum atomic E-state index is -3.61. The van der Waals surface area contributed by atoms with Gasteiger partial charge in [0.05, 0.1) is 5.69 Å². The molecule has 2 fully saturated rings. The molecule has 2 aromatic rings. The topological polar surface area (TPSA) is 66.6 Å². The van der Waals surface area contributed by atoms with E-state index in [1.54, 1.807) is 21.7 Å². The molecule has 7 heteroatoms. The van der Waals surface area contributed by atoms with Gasteiger partial charge in [-0.2, -0.15) is 4.31 Å². The lowest BCUT2D eigenvalue weighted by Crippen LogP contribution is -2.38. The Hall–Kier alpha value is -1.15. The van der Waals surface area contributed by atoms with Gasteiger partial charge in [-0.1, -0.05) is 20.3 Å². The average molecular weight is 478 g/mol. The van der Waals surface area contributed by atoms with Gasteiger partial charge in [0.25, 0.3) is 0 Å². The van der Waals surface area contributed by atoms with Crippen LogP contribution in [0, 0.1) is 6.92 Å². The normalized spacial score (nSPS) is 22.9. The van der Waals surface area contributed by atoms with E-state index in [0.29, 0.717) is 24.7 Å². The Morgan fingerprint density at radius 3 is 2.53 bits per heavy atom. The summed E-state index contributed by atoms with van der Waals surface area (Å²) in [5.74, 6) is 0.456. The van der Waals surface area contributed by atoms with Crippen LogP contribution in [-0.2, 0) is 10.0 Å². The van der Waals surface area contributed by atoms with Gasteiger partial charge in [-0.15, -0.1) is 11.3 Å². The van der Waals surface area contributed by atoms with Crippen molar-refractivity contribution in [1.29, 1.82) is 0 Å². The molecule has 1 aromatic carbocycles. The summed E-state index contributed by atoms with van der Waals surface area (Å²) in [7, 11) is -3.61. The third-order valence-electron chi connectivity index (χ3n) is 7.41. The zero-order valence-electron chi connectivity index (χ0n) is 19.9. The van der Waals surface area contributed by atoms with Gasteiger partial charge in [0.15, 0.2) is 0 Å². The summed E-state index contributed by atoms with van der Waals surface area (Å²) in [5.41, 5.74) is 8.48. The molecule has 0 bridgehead atoms.